The summed E-state index contributed by atoms with van der Waals surface area (Å²) in [7, 11) is -3.78. The summed E-state index contributed by atoms with van der Waals surface area (Å²) in [6, 6.07) is -2.72. The Morgan fingerprint density at radius 1 is 1.30 bits per heavy atom. The summed E-state index contributed by atoms with van der Waals surface area (Å²) < 4.78 is 32.9. The molecule has 0 spiro atoms. The number of amides is 3. The number of nitrogens with zero attached hydrogens (tertiary/aromatic N) is 4. The van der Waals surface area contributed by atoms with Gasteiger partial charge in [0.1, 0.15) is 18.8 Å². The van der Waals surface area contributed by atoms with E-state index in [0.29, 0.717) is 0 Å². The minimum Gasteiger partial charge on any atom is -0.731 e. The van der Waals surface area contributed by atoms with E-state index in [1.165, 1.54) is 17.9 Å². The van der Waals surface area contributed by atoms with E-state index in [2.05, 4.69) is 30.6 Å². The topological polar surface area (TPSA) is 235 Å². The standard InChI is InChI=1S/C14H16N8O7S3.Na/c1-29-21-9(7-4-31-14(16)19-7)11(24)20-8(6-3-30-13(15)18-6)10(23)17-5-2-22(12(5)25)32(26,27)28;/h3-5,8H,2H2,1H3,(H2,15,18)(H2,16,19)(H,17,23)(H,20,24)(H,26,27,28);/q;+1/p-1. The summed E-state index contributed by atoms with van der Waals surface area (Å²) in [6.07, 6.45) is 0. The molecule has 0 aromatic carbocycles. The van der Waals surface area contributed by atoms with Gasteiger partial charge in [0.25, 0.3) is 11.8 Å². The Morgan fingerprint density at radius 2 is 1.94 bits per heavy atom. The molecule has 1 aliphatic rings. The molecule has 1 fully saturated rings. The normalized spacial score (nSPS) is 16.9. The first-order valence-electron chi connectivity index (χ1n) is 8.43. The van der Waals surface area contributed by atoms with E-state index in [1.54, 1.807) is 0 Å². The second-order valence-electron chi connectivity index (χ2n) is 6.10. The van der Waals surface area contributed by atoms with Gasteiger partial charge in [-0.2, -0.15) is 0 Å². The van der Waals surface area contributed by atoms with Crippen LogP contribution in [0.1, 0.15) is 17.4 Å². The van der Waals surface area contributed by atoms with Crippen LogP contribution in [0.5, 0.6) is 0 Å². The van der Waals surface area contributed by atoms with Gasteiger partial charge in [0.15, 0.2) is 32.3 Å². The second-order valence-corrected chi connectivity index (χ2v) is 9.17. The molecule has 1 saturated heterocycles. The maximum Gasteiger partial charge on any atom is 1.00 e. The number of nitrogens with two attached hydrogens (primary N) is 2. The predicted octanol–water partition coefficient (Wildman–Crippen LogP) is -5.24. The predicted molar refractivity (Wildman–Crippen MR) is 111 cm³/mol. The quantitative estimate of drug-likeness (QED) is 0.0833. The van der Waals surface area contributed by atoms with Crippen molar-refractivity contribution in [3.63, 3.8) is 0 Å². The van der Waals surface area contributed by atoms with Gasteiger partial charge >= 0.3 is 29.6 Å². The van der Waals surface area contributed by atoms with E-state index in [1.807, 2.05) is 0 Å². The van der Waals surface area contributed by atoms with Crippen molar-refractivity contribution in [2.75, 3.05) is 25.1 Å². The third-order valence-corrected chi connectivity index (χ3v) is 6.25. The molecule has 172 valence electrons. The van der Waals surface area contributed by atoms with Crippen LogP contribution in [0.3, 0.4) is 0 Å². The maximum absolute atomic E-state index is 12.8. The van der Waals surface area contributed by atoms with Crippen molar-refractivity contribution in [1.82, 2.24) is 24.9 Å². The zero-order valence-corrected chi connectivity index (χ0v) is 21.5. The minimum atomic E-state index is -4.98. The Kier molecular flexibility index (Phi) is 8.74. The van der Waals surface area contributed by atoms with Crippen LogP contribution in [0.4, 0.5) is 10.3 Å². The number of β-lactam (4-membered cyclic amide) rings is 1. The molecular weight excluding hydrogens is 511 g/mol. The molecule has 3 amide bonds. The zero-order chi connectivity index (χ0) is 23.6. The number of carbonyl (C=O) groups excluding carboxylic acids is 3. The molecule has 0 aliphatic carbocycles. The molecule has 0 bridgehead atoms. The van der Waals surface area contributed by atoms with Gasteiger partial charge in [0, 0.05) is 10.8 Å². The summed E-state index contributed by atoms with van der Waals surface area (Å²) in [5, 5.41) is 11.4. The first kappa shape index (κ1) is 26.9. The molecule has 1 aliphatic heterocycles. The Labute approximate surface area is 216 Å². The average molecular weight is 527 g/mol. The van der Waals surface area contributed by atoms with Crippen molar-refractivity contribution >= 4 is 66.7 Å². The van der Waals surface area contributed by atoms with Crippen molar-refractivity contribution in [3.05, 3.63) is 22.1 Å². The van der Waals surface area contributed by atoms with Crippen molar-refractivity contribution in [1.29, 1.82) is 0 Å². The maximum atomic E-state index is 12.8. The molecule has 6 N–H and O–H groups in total. The Bertz CT molecular complexity index is 1200. The fraction of sp³-hybridized carbons (Fsp3) is 0.286. The minimum absolute atomic E-state index is 0. The third kappa shape index (κ3) is 6.16. The van der Waals surface area contributed by atoms with E-state index in [9.17, 15) is 27.4 Å². The largest absolute Gasteiger partial charge is 1.00 e. The van der Waals surface area contributed by atoms with E-state index in [4.69, 9.17) is 11.5 Å². The van der Waals surface area contributed by atoms with Crippen LogP contribution in [-0.2, 0) is 29.5 Å². The van der Waals surface area contributed by atoms with E-state index in [0.717, 1.165) is 22.7 Å². The number of nitrogen functional groups attached to an aromatic ring is 2. The van der Waals surface area contributed by atoms with E-state index >= 15 is 0 Å². The molecule has 2 aromatic rings. The van der Waals surface area contributed by atoms with Crippen LogP contribution in [0, 0.1) is 0 Å². The number of rotatable bonds is 8. The van der Waals surface area contributed by atoms with Crippen molar-refractivity contribution in [3.8, 4) is 0 Å². The average Bonchev–Trinajstić information content (AvgIpc) is 3.33. The molecule has 2 atom stereocenters. The third-order valence-electron chi connectivity index (χ3n) is 4.01. The van der Waals surface area contributed by atoms with Crippen molar-refractivity contribution < 1.29 is 61.7 Å². The van der Waals surface area contributed by atoms with Crippen LogP contribution in [0.2, 0.25) is 0 Å². The number of nitrogens with one attached hydrogen (secondary N) is 2. The zero-order valence-electron chi connectivity index (χ0n) is 17.0. The van der Waals surface area contributed by atoms with Crippen LogP contribution >= 0.6 is 22.7 Å². The number of thiazole rings is 2. The Hall–Kier alpha value is -2.35. The van der Waals surface area contributed by atoms with Crippen molar-refractivity contribution in [2.45, 2.75) is 12.1 Å². The van der Waals surface area contributed by atoms with Gasteiger partial charge in [0.2, 0.25) is 5.91 Å². The number of oxime groups is 1. The molecule has 0 saturated carbocycles. The first-order chi connectivity index (χ1) is 15.0. The SMILES string of the molecule is CON=C(C(=O)NC(C(=O)NC1CN(S(=O)(=O)[O-])C1=O)c1csc(N)n1)c1csc(N)n1.[Na+]. The number of hydrogen-bond acceptors (Lipinski definition) is 14. The van der Waals surface area contributed by atoms with Gasteiger partial charge in [-0.3, -0.25) is 14.4 Å². The summed E-state index contributed by atoms with van der Waals surface area (Å²) in [5.74, 6) is -2.89. The fourth-order valence-electron chi connectivity index (χ4n) is 2.56. The molecular formula is C14H15N8NaO7S3. The van der Waals surface area contributed by atoms with Crippen LogP contribution in [0.25, 0.3) is 0 Å². The second kappa shape index (κ2) is 10.7. The summed E-state index contributed by atoms with van der Waals surface area (Å²) in [5.41, 5.74) is 11.0. The molecule has 19 heteroatoms. The van der Waals surface area contributed by atoms with Gasteiger partial charge in [-0.1, -0.05) is 5.16 Å². The van der Waals surface area contributed by atoms with Gasteiger partial charge in [-0.25, -0.2) is 22.7 Å². The summed E-state index contributed by atoms with van der Waals surface area (Å²) >= 11 is 2.05. The van der Waals surface area contributed by atoms with E-state index in [-0.39, 0.29) is 61.2 Å². The first-order valence-corrected chi connectivity index (χ1v) is 11.6. The van der Waals surface area contributed by atoms with Gasteiger partial charge in [-0.05, 0) is 0 Å². The molecule has 0 radical (unpaired) electrons. The number of anilines is 2. The van der Waals surface area contributed by atoms with Gasteiger partial charge < -0.3 is 31.5 Å². The molecule has 2 aromatic heterocycles. The monoisotopic (exact) mass is 526 g/mol. The van der Waals surface area contributed by atoms with Crippen molar-refractivity contribution in [2.24, 2.45) is 5.16 Å². The van der Waals surface area contributed by atoms with Crippen LogP contribution in [0.15, 0.2) is 15.9 Å². The van der Waals surface area contributed by atoms with Gasteiger partial charge in [-0.15, -0.1) is 22.7 Å². The molecule has 3 rings (SSSR count). The Morgan fingerprint density at radius 3 is 2.42 bits per heavy atom. The fourth-order valence-corrected chi connectivity index (χ4v) is 4.37. The summed E-state index contributed by atoms with van der Waals surface area (Å²) in [4.78, 5) is 50.1. The molecule has 2 unspecified atom stereocenters. The molecule has 15 nitrogen and oxygen atoms in total. The smallest absolute Gasteiger partial charge is 0.731 e. The molecule has 33 heavy (non-hydrogen) atoms. The number of hydrogen-bond donors (Lipinski definition) is 4. The van der Waals surface area contributed by atoms with Crippen LogP contribution in [-0.4, -0.2) is 70.4 Å². The molecule has 3 heterocycles. The van der Waals surface area contributed by atoms with E-state index < -0.39 is 46.7 Å². The Balaban J connectivity index is 0.00000385. The number of aromatic nitrogens is 2. The van der Waals surface area contributed by atoms with Gasteiger partial charge in [0.05, 0.1) is 12.2 Å². The summed E-state index contributed by atoms with van der Waals surface area (Å²) in [6.45, 7) is -0.537. The van der Waals surface area contributed by atoms with Crippen LogP contribution < -0.4 is 51.7 Å². The number of carbonyl (C=O) groups is 3.